The molecule has 0 aliphatic rings. The van der Waals surface area contributed by atoms with Gasteiger partial charge < -0.3 is 9.79 Å². The fourth-order valence-electron chi connectivity index (χ4n) is 0.197. The predicted octanol–water partition coefficient (Wildman–Crippen LogP) is 2.25. The summed E-state index contributed by atoms with van der Waals surface area (Å²) in [5, 5.41) is 0. The van der Waals surface area contributed by atoms with Crippen LogP contribution in [0.3, 0.4) is 0 Å². The molecule has 0 saturated heterocycles. The van der Waals surface area contributed by atoms with Gasteiger partial charge in [0.05, 0.1) is 0 Å². The molecule has 0 aromatic carbocycles. The fourth-order valence-corrected chi connectivity index (χ4v) is 2.32. The molecule has 7 heteroatoms. The fraction of sp³-hybridized carbons (Fsp3) is 0.333. The van der Waals surface area contributed by atoms with Gasteiger partial charge in [-0.1, -0.05) is 34.6 Å². The molecule has 0 atom stereocenters. The van der Waals surface area contributed by atoms with E-state index in [9.17, 15) is 0 Å². The van der Waals surface area contributed by atoms with E-state index in [1.807, 2.05) is 0 Å². The normalized spacial score (nSPS) is 11.2. The zero-order valence-corrected chi connectivity index (χ0v) is 8.74. The van der Waals surface area contributed by atoms with Gasteiger partial charge in [0.15, 0.2) is 0 Å². The largest absolute Gasteiger partial charge is 0.338 e. The van der Waals surface area contributed by atoms with Crippen LogP contribution < -0.4 is 0 Å². The maximum absolute atomic E-state index is 8.66. The molecule has 0 radical (unpaired) electrons. The highest BCUT2D eigenvalue weighted by Gasteiger charge is 2.05. The molecule has 2 nitrogen and oxygen atoms in total. The molecule has 2 N–H and O–H groups in total. The van der Waals surface area contributed by atoms with Gasteiger partial charge in [0.25, 0.3) is 0 Å². The highest BCUT2D eigenvalue weighted by molar-refractivity contribution is 8.67. The van der Waals surface area contributed by atoms with Gasteiger partial charge in [-0.15, -0.1) is 0 Å². The lowest BCUT2D eigenvalue weighted by Gasteiger charge is -2.02. The molecular weight excluding hydrogens is 234 g/mol. The Hall–Kier alpha value is 1.24. The zero-order chi connectivity index (χ0) is 8.20. The summed E-state index contributed by atoms with van der Waals surface area (Å²) >= 11 is 15.6. The lowest BCUT2D eigenvalue weighted by Crippen LogP contribution is -1.72. The Morgan fingerprint density at radius 1 is 1.60 bits per heavy atom. The van der Waals surface area contributed by atoms with Gasteiger partial charge in [0.2, 0.25) is 5.69 Å². The Balaban J connectivity index is 3.58. The first-order valence-corrected chi connectivity index (χ1v) is 7.18. The maximum atomic E-state index is 8.66. The van der Waals surface area contributed by atoms with E-state index in [1.54, 1.807) is 0 Å². The van der Waals surface area contributed by atoms with Gasteiger partial charge in [0.1, 0.15) is 4.49 Å². The third-order valence-corrected chi connectivity index (χ3v) is 3.85. The molecule has 0 aliphatic carbocycles. The third-order valence-electron chi connectivity index (χ3n) is 0.480. The first kappa shape index (κ1) is 11.2. The van der Waals surface area contributed by atoms with Crippen LogP contribution in [0.2, 0.25) is 0 Å². The van der Waals surface area contributed by atoms with E-state index in [4.69, 9.17) is 33.0 Å². The highest BCUT2D eigenvalue weighted by Crippen LogP contribution is 2.50. The van der Waals surface area contributed by atoms with Crippen molar-refractivity contribution in [2.45, 2.75) is 0 Å². The molecular formula is C3H5Cl2O2PS2. The predicted molar refractivity (Wildman–Crippen MR) is 51.0 cm³/mol. The van der Waals surface area contributed by atoms with Crippen LogP contribution in [0.1, 0.15) is 0 Å². The van der Waals surface area contributed by atoms with Crippen LogP contribution in [0.5, 0.6) is 0 Å². The van der Waals surface area contributed by atoms with Crippen molar-refractivity contribution in [1.29, 1.82) is 0 Å². The molecule has 10 heavy (non-hydrogen) atoms. The van der Waals surface area contributed by atoms with E-state index in [1.165, 1.54) is 6.08 Å². The van der Waals surface area contributed by atoms with Crippen LogP contribution in [-0.2, 0) is 11.8 Å². The highest BCUT2D eigenvalue weighted by atomic mass is 35.5. The lowest BCUT2D eigenvalue weighted by molar-refractivity contribution is 0.502. The molecule has 0 aromatic heterocycles. The van der Waals surface area contributed by atoms with Crippen molar-refractivity contribution >= 4 is 52.1 Å². The van der Waals surface area contributed by atoms with Crippen molar-refractivity contribution in [3.05, 3.63) is 10.6 Å². The summed E-state index contributed by atoms with van der Waals surface area (Å²) in [6, 6.07) is 0. The van der Waals surface area contributed by atoms with Crippen molar-refractivity contribution in [1.82, 2.24) is 0 Å². The molecule has 0 bridgehead atoms. The minimum Gasteiger partial charge on any atom is -0.338 e. The van der Waals surface area contributed by atoms with Gasteiger partial charge in [-0.2, -0.15) is 0 Å². The van der Waals surface area contributed by atoms with E-state index >= 15 is 0 Å². The monoisotopic (exact) mass is 238 g/mol. The van der Waals surface area contributed by atoms with Crippen molar-refractivity contribution in [2.24, 2.45) is 0 Å². The molecule has 0 fully saturated rings. The van der Waals surface area contributed by atoms with Gasteiger partial charge in [0, 0.05) is 5.75 Å². The van der Waals surface area contributed by atoms with E-state index in [-0.39, 0.29) is 4.49 Å². The second-order valence-corrected chi connectivity index (χ2v) is 8.38. The van der Waals surface area contributed by atoms with Crippen LogP contribution >= 0.6 is 40.3 Å². The van der Waals surface area contributed by atoms with Crippen molar-refractivity contribution in [3.8, 4) is 0 Å². The summed E-state index contributed by atoms with van der Waals surface area (Å²) < 4.78 is 0.107. The molecule has 0 amide bonds. The van der Waals surface area contributed by atoms with Gasteiger partial charge in [-0.25, -0.2) is 0 Å². The first-order chi connectivity index (χ1) is 4.42. The third kappa shape index (κ3) is 9.24. The molecule has 0 saturated carbocycles. The summed E-state index contributed by atoms with van der Waals surface area (Å²) in [7, 11) is 0. The molecule has 60 valence electrons. The second-order valence-electron chi connectivity index (χ2n) is 1.28. The summed E-state index contributed by atoms with van der Waals surface area (Å²) in [5.41, 5.74) is -3.13. The number of hydrogen-bond acceptors (Lipinski definition) is 2. The van der Waals surface area contributed by atoms with Crippen LogP contribution in [0, 0.1) is 0 Å². The molecule has 0 rings (SSSR count). The number of halogens is 2. The summed E-state index contributed by atoms with van der Waals surface area (Å²) in [4.78, 5) is 17.3. The molecule has 0 heterocycles. The summed E-state index contributed by atoms with van der Waals surface area (Å²) in [6.07, 6.45) is 1.45. The Morgan fingerprint density at radius 3 is 2.40 bits per heavy atom. The van der Waals surface area contributed by atoms with Crippen molar-refractivity contribution < 1.29 is 9.79 Å². The van der Waals surface area contributed by atoms with Crippen LogP contribution in [0.15, 0.2) is 10.6 Å². The maximum Gasteiger partial charge on any atom is 0.242 e. The summed E-state index contributed by atoms with van der Waals surface area (Å²) in [5.74, 6) is 0.326. The van der Waals surface area contributed by atoms with Gasteiger partial charge in [-0.05, 0) is 17.9 Å². The van der Waals surface area contributed by atoms with Gasteiger partial charge in [-0.3, -0.25) is 0 Å². The van der Waals surface area contributed by atoms with E-state index < -0.39 is 5.69 Å². The summed E-state index contributed by atoms with van der Waals surface area (Å²) in [6.45, 7) is 0. The minimum atomic E-state index is -3.13. The number of rotatable bonds is 3. The average Bonchev–Trinajstić information content (AvgIpc) is 1.59. The zero-order valence-electron chi connectivity index (χ0n) is 4.70. The van der Waals surface area contributed by atoms with Crippen LogP contribution in [-0.4, -0.2) is 15.5 Å². The smallest absolute Gasteiger partial charge is 0.242 e. The van der Waals surface area contributed by atoms with Crippen LogP contribution in [0.25, 0.3) is 0 Å². The lowest BCUT2D eigenvalue weighted by atomic mass is 10.8. The van der Waals surface area contributed by atoms with Crippen LogP contribution in [0.4, 0.5) is 0 Å². The Kier molecular flexibility index (Phi) is 5.61. The van der Waals surface area contributed by atoms with E-state index in [0.29, 0.717) is 5.75 Å². The first-order valence-electron chi connectivity index (χ1n) is 2.13. The van der Waals surface area contributed by atoms with Gasteiger partial charge >= 0.3 is 0 Å². The van der Waals surface area contributed by atoms with E-state index in [0.717, 1.165) is 11.4 Å². The SMILES string of the molecule is OP(O)(=S)SCC=C(Cl)Cl. The molecule has 0 unspecified atom stereocenters. The average molecular weight is 239 g/mol. The van der Waals surface area contributed by atoms with Crippen molar-refractivity contribution in [3.63, 3.8) is 0 Å². The quantitative estimate of drug-likeness (QED) is 0.741. The topological polar surface area (TPSA) is 40.5 Å². The standard InChI is InChI=1S/C3H5Cl2O2PS2/c4-3(5)1-2-10-8(6,7)9/h1H,2H2,(H2,6,7,9). The second kappa shape index (κ2) is 4.99. The Morgan fingerprint density at radius 2 is 2.10 bits per heavy atom. The molecule has 0 spiro atoms. The number of hydrogen-bond donors (Lipinski definition) is 2. The molecule has 0 aliphatic heterocycles. The molecule has 0 aromatic rings. The minimum absolute atomic E-state index is 0.107. The Labute approximate surface area is 78.1 Å². The Bertz CT molecular complexity index is 173. The van der Waals surface area contributed by atoms with E-state index in [2.05, 4.69) is 11.8 Å². The van der Waals surface area contributed by atoms with Crippen molar-refractivity contribution in [2.75, 3.05) is 5.75 Å².